The molecule has 2 aromatic carbocycles. The predicted octanol–water partition coefficient (Wildman–Crippen LogP) is 2.17. The van der Waals surface area contributed by atoms with Gasteiger partial charge in [-0.05, 0) is 24.3 Å². The van der Waals surface area contributed by atoms with Gasteiger partial charge in [0.05, 0.1) is 34.5 Å². The molecular weight excluding hydrogens is 372 g/mol. The topological polar surface area (TPSA) is 84.0 Å². The average molecular weight is 385 g/mol. The molecule has 7 nitrogen and oxygen atoms in total. The lowest BCUT2D eigenvalue weighted by atomic mass is 10.1. The molecule has 0 bridgehead atoms. The van der Waals surface area contributed by atoms with Gasteiger partial charge in [-0.1, -0.05) is 23.7 Å². The fraction of sp³-hybridized carbons (Fsp3) is 0.158. The van der Waals surface area contributed by atoms with Crippen LogP contribution in [0.4, 0.5) is 5.69 Å². The van der Waals surface area contributed by atoms with Gasteiger partial charge >= 0.3 is 0 Å². The predicted molar refractivity (Wildman–Crippen MR) is 96.5 cm³/mol. The summed E-state index contributed by atoms with van der Waals surface area (Å²) in [4.78, 5) is 52.0. The molecular formula is C19H13ClN2O5. The molecule has 0 saturated heterocycles. The van der Waals surface area contributed by atoms with Crippen molar-refractivity contribution < 1.29 is 23.9 Å². The second kappa shape index (κ2) is 6.21. The van der Waals surface area contributed by atoms with Crippen LogP contribution in [-0.4, -0.2) is 48.6 Å². The maximum Gasteiger partial charge on any atom is 0.299 e. The minimum absolute atomic E-state index is 0.0457. The molecule has 2 aromatic rings. The number of Topliss-reactive ketones (excluding diaryl/α,β-unsaturated/α-hetero) is 1. The number of imide groups is 1. The summed E-state index contributed by atoms with van der Waals surface area (Å²) < 4.78 is 5.16. The van der Waals surface area contributed by atoms with Gasteiger partial charge in [-0.2, -0.15) is 0 Å². The van der Waals surface area contributed by atoms with Crippen LogP contribution in [0.2, 0.25) is 5.02 Å². The molecule has 0 atom stereocenters. The Morgan fingerprint density at radius 2 is 1.44 bits per heavy atom. The van der Waals surface area contributed by atoms with Crippen LogP contribution in [0.3, 0.4) is 0 Å². The van der Waals surface area contributed by atoms with Gasteiger partial charge in [-0.25, -0.2) is 0 Å². The van der Waals surface area contributed by atoms with Crippen LogP contribution in [0.25, 0.3) is 0 Å². The summed E-state index contributed by atoms with van der Waals surface area (Å²) in [5.41, 5.74) is 0.984. The van der Waals surface area contributed by atoms with Crippen molar-refractivity contribution in [3.05, 3.63) is 58.1 Å². The molecule has 0 radical (unpaired) electrons. The lowest BCUT2D eigenvalue weighted by Crippen LogP contribution is -2.40. The van der Waals surface area contributed by atoms with Crippen LogP contribution >= 0.6 is 11.6 Å². The lowest BCUT2D eigenvalue weighted by molar-refractivity contribution is -0.114. The van der Waals surface area contributed by atoms with E-state index in [0.717, 1.165) is 4.90 Å². The van der Waals surface area contributed by atoms with Crippen molar-refractivity contribution >= 4 is 40.8 Å². The number of hydrogen-bond acceptors (Lipinski definition) is 5. The number of methoxy groups -OCH3 is 1. The number of benzene rings is 2. The maximum atomic E-state index is 12.5. The van der Waals surface area contributed by atoms with Crippen molar-refractivity contribution in [3.63, 3.8) is 0 Å². The number of rotatable bonds is 4. The van der Waals surface area contributed by atoms with Crippen molar-refractivity contribution in [1.29, 1.82) is 0 Å². The number of hydrogen-bond donors (Lipinski definition) is 0. The standard InChI is InChI=1S/C19H13ClN2O5/c1-27-13-7-6-12(20)15-14(13)16(23)19(26)21(15)8-9-22-17(24)10-4-2-3-5-11(10)18(22)25/h2-7H,8-9H2,1H3. The number of nitrogens with zero attached hydrogens (tertiary/aromatic N) is 2. The maximum absolute atomic E-state index is 12.5. The van der Waals surface area contributed by atoms with E-state index in [1.807, 2.05) is 0 Å². The van der Waals surface area contributed by atoms with Gasteiger partial charge in [0.15, 0.2) is 0 Å². The zero-order valence-corrected chi connectivity index (χ0v) is 14.9. The fourth-order valence-corrected chi connectivity index (χ4v) is 3.65. The molecule has 2 aliphatic heterocycles. The Morgan fingerprint density at radius 3 is 2.04 bits per heavy atom. The van der Waals surface area contributed by atoms with Crippen LogP contribution in [0, 0.1) is 0 Å². The summed E-state index contributed by atoms with van der Waals surface area (Å²) in [6.45, 7) is -0.103. The van der Waals surface area contributed by atoms with Gasteiger partial charge in [-0.15, -0.1) is 0 Å². The van der Waals surface area contributed by atoms with Crippen LogP contribution in [0.15, 0.2) is 36.4 Å². The Morgan fingerprint density at radius 1 is 0.852 bits per heavy atom. The average Bonchev–Trinajstić information content (AvgIpc) is 3.07. The number of carbonyl (C=O) groups is 4. The van der Waals surface area contributed by atoms with Gasteiger partial charge in [0.2, 0.25) is 0 Å². The van der Waals surface area contributed by atoms with Gasteiger partial charge in [0, 0.05) is 13.1 Å². The quantitative estimate of drug-likeness (QED) is 0.596. The van der Waals surface area contributed by atoms with E-state index < -0.39 is 23.5 Å². The first kappa shape index (κ1) is 17.2. The molecule has 3 amide bonds. The molecule has 0 saturated carbocycles. The third-order valence-electron chi connectivity index (χ3n) is 4.67. The van der Waals surface area contributed by atoms with Crippen molar-refractivity contribution in [3.8, 4) is 5.75 Å². The van der Waals surface area contributed by atoms with Crippen molar-refractivity contribution in [2.45, 2.75) is 0 Å². The highest BCUT2D eigenvalue weighted by Crippen LogP contribution is 2.41. The van der Waals surface area contributed by atoms with Crippen molar-refractivity contribution in [2.75, 3.05) is 25.1 Å². The first-order valence-electron chi connectivity index (χ1n) is 8.13. The number of halogens is 1. The van der Waals surface area contributed by atoms with E-state index in [1.165, 1.54) is 24.1 Å². The molecule has 0 N–H and O–H groups in total. The summed E-state index contributed by atoms with van der Waals surface area (Å²) in [6, 6.07) is 9.56. The first-order chi connectivity index (χ1) is 13.0. The van der Waals surface area contributed by atoms with Crippen molar-refractivity contribution in [1.82, 2.24) is 4.90 Å². The highest BCUT2D eigenvalue weighted by atomic mass is 35.5. The molecule has 0 unspecified atom stereocenters. The van der Waals surface area contributed by atoms with Gasteiger partial charge in [0.1, 0.15) is 5.75 Å². The SMILES string of the molecule is COc1ccc(Cl)c2c1C(=O)C(=O)N2CCN1C(=O)c2ccccc2C1=O. The first-order valence-corrected chi connectivity index (χ1v) is 8.51. The van der Waals surface area contributed by atoms with E-state index >= 15 is 0 Å². The normalized spacial score (nSPS) is 15.5. The van der Waals surface area contributed by atoms with E-state index in [9.17, 15) is 19.2 Å². The third kappa shape index (κ3) is 2.43. The molecule has 2 aliphatic rings. The Labute approximate surface area is 159 Å². The summed E-state index contributed by atoms with van der Waals surface area (Å²) in [5, 5.41) is 0.215. The minimum atomic E-state index is -0.770. The molecule has 4 rings (SSSR count). The number of amides is 3. The number of ketones is 1. The Hall–Kier alpha value is -3.19. The number of fused-ring (bicyclic) bond motifs is 2. The summed E-state index contributed by atoms with van der Waals surface area (Å²) in [7, 11) is 1.39. The van der Waals surface area contributed by atoms with Gasteiger partial charge < -0.3 is 9.64 Å². The van der Waals surface area contributed by atoms with E-state index in [1.54, 1.807) is 24.3 Å². The molecule has 0 spiro atoms. The minimum Gasteiger partial charge on any atom is -0.496 e. The van der Waals surface area contributed by atoms with E-state index in [2.05, 4.69) is 0 Å². The molecule has 27 heavy (non-hydrogen) atoms. The lowest BCUT2D eigenvalue weighted by Gasteiger charge is -2.21. The van der Waals surface area contributed by atoms with Crippen LogP contribution in [0.5, 0.6) is 5.75 Å². The molecule has 8 heteroatoms. The monoisotopic (exact) mass is 384 g/mol. The molecule has 0 fully saturated rings. The highest BCUT2D eigenvalue weighted by molar-refractivity contribution is 6.54. The van der Waals surface area contributed by atoms with E-state index in [0.29, 0.717) is 11.1 Å². The number of carbonyl (C=O) groups excluding carboxylic acids is 4. The third-order valence-corrected chi connectivity index (χ3v) is 4.98. The molecule has 0 aromatic heterocycles. The number of anilines is 1. The highest BCUT2D eigenvalue weighted by Gasteiger charge is 2.41. The second-order valence-electron chi connectivity index (χ2n) is 6.07. The van der Waals surface area contributed by atoms with Gasteiger partial charge in [-0.3, -0.25) is 24.1 Å². The second-order valence-corrected chi connectivity index (χ2v) is 6.47. The summed E-state index contributed by atoms with van der Waals surface area (Å²) in [5.74, 6) is -2.10. The zero-order chi connectivity index (χ0) is 19.3. The summed E-state index contributed by atoms with van der Waals surface area (Å²) in [6.07, 6.45) is 0. The van der Waals surface area contributed by atoms with Crippen LogP contribution < -0.4 is 9.64 Å². The van der Waals surface area contributed by atoms with Crippen LogP contribution in [-0.2, 0) is 4.79 Å². The molecule has 0 aliphatic carbocycles. The summed E-state index contributed by atoms with van der Waals surface area (Å²) >= 11 is 6.20. The zero-order valence-electron chi connectivity index (χ0n) is 14.2. The molecule has 136 valence electrons. The van der Waals surface area contributed by atoms with E-state index in [-0.39, 0.29) is 35.1 Å². The van der Waals surface area contributed by atoms with E-state index in [4.69, 9.17) is 16.3 Å². The van der Waals surface area contributed by atoms with Crippen molar-refractivity contribution in [2.24, 2.45) is 0 Å². The Bertz CT molecular complexity index is 998. The van der Waals surface area contributed by atoms with Crippen LogP contribution in [0.1, 0.15) is 31.1 Å². The largest absolute Gasteiger partial charge is 0.496 e. The molecule has 2 heterocycles. The van der Waals surface area contributed by atoms with Gasteiger partial charge in [0.25, 0.3) is 23.5 Å². The Balaban J connectivity index is 1.63. The fourth-order valence-electron chi connectivity index (χ4n) is 3.39. The Kier molecular flexibility index (Phi) is 3.96. The number of ether oxygens (including phenoxy) is 1. The smallest absolute Gasteiger partial charge is 0.299 e.